The molecule has 2 aliphatic rings. The van der Waals surface area contributed by atoms with Crippen LogP contribution in [0.1, 0.15) is 53.4 Å². The van der Waals surface area contributed by atoms with Crippen molar-refractivity contribution in [2.45, 2.75) is 58.9 Å². The van der Waals surface area contributed by atoms with Gasteiger partial charge in [0.1, 0.15) is 5.54 Å². The van der Waals surface area contributed by atoms with E-state index in [0.717, 1.165) is 25.7 Å². The summed E-state index contributed by atoms with van der Waals surface area (Å²) in [4.78, 5) is 25.6. The van der Waals surface area contributed by atoms with Gasteiger partial charge in [0.15, 0.2) is 0 Å². The predicted molar refractivity (Wildman–Crippen MR) is 81.0 cm³/mol. The van der Waals surface area contributed by atoms with Gasteiger partial charge >= 0.3 is 12.0 Å². The van der Waals surface area contributed by atoms with Gasteiger partial charge < -0.3 is 15.3 Å². The number of carboxylic acids is 1. The molecule has 0 aromatic carbocycles. The molecule has 0 radical (unpaired) electrons. The molecule has 2 amide bonds. The largest absolute Gasteiger partial charge is 0.480 e. The first-order valence-corrected chi connectivity index (χ1v) is 7.95. The molecule has 0 aromatic rings. The fraction of sp³-hybridized carbons (Fsp3) is 0.875. The Balaban J connectivity index is 1.92. The number of nitrogens with zero attached hydrogens (tertiary/aromatic N) is 1. The lowest BCUT2D eigenvalue weighted by molar-refractivity contribution is -0.144. The van der Waals surface area contributed by atoms with Gasteiger partial charge in [0.2, 0.25) is 0 Å². The number of carbonyl (C=O) groups is 2. The molecule has 0 aromatic heterocycles. The summed E-state index contributed by atoms with van der Waals surface area (Å²) in [5, 5.41) is 12.2. The first-order valence-electron chi connectivity index (χ1n) is 7.95. The van der Waals surface area contributed by atoms with Crippen molar-refractivity contribution in [3.63, 3.8) is 0 Å². The molecule has 5 heteroatoms. The monoisotopic (exact) mass is 296 g/mol. The third-order valence-corrected chi connectivity index (χ3v) is 5.21. The smallest absolute Gasteiger partial charge is 0.329 e. The van der Waals surface area contributed by atoms with Crippen LogP contribution in [0.2, 0.25) is 0 Å². The molecule has 1 unspecified atom stereocenters. The van der Waals surface area contributed by atoms with E-state index >= 15 is 0 Å². The average molecular weight is 296 g/mol. The van der Waals surface area contributed by atoms with Crippen LogP contribution in [0.15, 0.2) is 0 Å². The van der Waals surface area contributed by atoms with E-state index in [2.05, 4.69) is 26.1 Å². The van der Waals surface area contributed by atoms with Crippen LogP contribution in [0.3, 0.4) is 0 Å². The number of hydrogen-bond acceptors (Lipinski definition) is 2. The van der Waals surface area contributed by atoms with Crippen molar-refractivity contribution in [1.29, 1.82) is 0 Å². The van der Waals surface area contributed by atoms with Gasteiger partial charge in [0, 0.05) is 13.1 Å². The summed E-state index contributed by atoms with van der Waals surface area (Å²) in [5.74, 6) is -0.232. The van der Waals surface area contributed by atoms with Crippen LogP contribution in [0.4, 0.5) is 4.79 Å². The van der Waals surface area contributed by atoms with E-state index in [-0.39, 0.29) is 17.4 Å². The zero-order chi connectivity index (χ0) is 15.8. The third-order valence-electron chi connectivity index (χ3n) is 5.21. The quantitative estimate of drug-likeness (QED) is 0.841. The Labute approximate surface area is 127 Å². The second-order valence-electron chi connectivity index (χ2n) is 7.84. The SMILES string of the molecule is CC(C)(C)C1CCN(C(=O)NC(C)(C(=O)O)C2CC2)CC1. The molecule has 1 atom stereocenters. The Morgan fingerprint density at radius 3 is 1.90 bits per heavy atom. The summed E-state index contributed by atoms with van der Waals surface area (Å²) in [6.07, 6.45) is 3.75. The standard InChI is InChI=1S/C16H28N2O3/c1-15(2,3)11-7-9-18(10-8-11)14(21)17-16(4,13(19)20)12-5-6-12/h11-12H,5-10H2,1-4H3,(H,17,21)(H,19,20). The Morgan fingerprint density at radius 2 is 1.52 bits per heavy atom. The molecule has 21 heavy (non-hydrogen) atoms. The highest BCUT2D eigenvalue weighted by Crippen LogP contribution is 2.40. The van der Waals surface area contributed by atoms with Crippen LogP contribution >= 0.6 is 0 Å². The molecule has 5 nitrogen and oxygen atoms in total. The maximum atomic E-state index is 12.4. The Kier molecular flexibility index (Phi) is 4.22. The minimum absolute atomic E-state index is 0.0751. The van der Waals surface area contributed by atoms with E-state index in [1.165, 1.54) is 0 Å². The van der Waals surface area contributed by atoms with Gasteiger partial charge in [-0.15, -0.1) is 0 Å². The summed E-state index contributed by atoms with van der Waals surface area (Å²) in [6.45, 7) is 9.78. The van der Waals surface area contributed by atoms with Gasteiger partial charge in [0.25, 0.3) is 0 Å². The number of carboxylic acid groups (broad SMARTS) is 1. The summed E-state index contributed by atoms with van der Waals surface area (Å²) < 4.78 is 0. The van der Waals surface area contributed by atoms with Crippen molar-refractivity contribution in [3.8, 4) is 0 Å². The molecule has 1 aliphatic carbocycles. The van der Waals surface area contributed by atoms with E-state index in [9.17, 15) is 14.7 Å². The van der Waals surface area contributed by atoms with Gasteiger partial charge in [-0.25, -0.2) is 9.59 Å². The van der Waals surface area contributed by atoms with Crippen LogP contribution in [-0.2, 0) is 4.79 Å². The van der Waals surface area contributed by atoms with Crippen LogP contribution in [-0.4, -0.2) is 40.6 Å². The minimum Gasteiger partial charge on any atom is -0.480 e. The van der Waals surface area contributed by atoms with Gasteiger partial charge in [0.05, 0.1) is 0 Å². The summed E-state index contributed by atoms with van der Waals surface area (Å²) in [7, 11) is 0. The molecular weight excluding hydrogens is 268 g/mol. The van der Waals surface area contributed by atoms with E-state index in [4.69, 9.17) is 0 Å². The van der Waals surface area contributed by atoms with Crippen molar-refractivity contribution in [2.75, 3.05) is 13.1 Å². The van der Waals surface area contributed by atoms with Crippen molar-refractivity contribution >= 4 is 12.0 Å². The number of likely N-dealkylation sites (tertiary alicyclic amines) is 1. The summed E-state index contributed by atoms with van der Waals surface area (Å²) in [5.41, 5.74) is -0.843. The zero-order valence-corrected chi connectivity index (χ0v) is 13.6. The highest BCUT2D eigenvalue weighted by atomic mass is 16.4. The zero-order valence-electron chi connectivity index (χ0n) is 13.6. The fourth-order valence-electron chi connectivity index (χ4n) is 3.24. The second kappa shape index (κ2) is 5.50. The highest BCUT2D eigenvalue weighted by molar-refractivity contribution is 5.86. The molecule has 120 valence electrons. The number of nitrogens with one attached hydrogen (secondary N) is 1. The number of rotatable bonds is 3. The molecule has 1 aliphatic heterocycles. The molecule has 1 saturated carbocycles. The van der Waals surface area contributed by atoms with E-state index in [1.807, 2.05) is 0 Å². The van der Waals surface area contributed by atoms with Crippen molar-refractivity contribution in [3.05, 3.63) is 0 Å². The predicted octanol–water partition coefficient (Wildman–Crippen LogP) is 2.71. The number of carbonyl (C=O) groups excluding carboxylic acids is 1. The van der Waals surface area contributed by atoms with Gasteiger partial charge in [-0.05, 0) is 49.9 Å². The molecule has 2 rings (SSSR count). The van der Waals surface area contributed by atoms with Gasteiger partial charge in [-0.1, -0.05) is 20.8 Å². The number of amides is 2. The number of piperidine rings is 1. The third kappa shape index (κ3) is 3.50. The molecule has 1 saturated heterocycles. The highest BCUT2D eigenvalue weighted by Gasteiger charge is 2.49. The Morgan fingerprint density at radius 1 is 1.00 bits per heavy atom. The Bertz CT molecular complexity index is 418. The minimum atomic E-state index is -1.11. The van der Waals surface area contributed by atoms with E-state index in [0.29, 0.717) is 19.0 Å². The summed E-state index contributed by atoms with van der Waals surface area (Å²) >= 11 is 0. The van der Waals surface area contributed by atoms with Gasteiger partial charge in [-0.2, -0.15) is 0 Å². The summed E-state index contributed by atoms with van der Waals surface area (Å²) in [6, 6.07) is -0.223. The van der Waals surface area contributed by atoms with Crippen LogP contribution in [0.5, 0.6) is 0 Å². The molecule has 0 bridgehead atoms. The first kappa shape index (κ1) is 16.1. The van der Waals surface area contributed by atoms with Crippen molar-refractivity contribution in [2.24, 2.45) is 17.3 Å². The van der Waals surface area contributed by atoms with Crippen LogP contribution in [0.25, 0.3) is 0 Å². The molecule has 2 N–H and O–H groups in total. The lowest BCUT2D eigenvalue weighted by atomic mass is 9.75. The van der Waals surface area contributed by atoms with Crippen LogP contribution < -0.4 is 5.32 Å². The fourth-order valence-corrected chi connectivity index (χ4v) is 3.24. The Hall–Kier alpha value is -1.26. The topological polar surface area (TPSA) is 69.6 Å². The van der Waals surface area contributed by atoms with Gasteiger partial charge in [-0.3, -0.25) is 0 Å². The normalized spacial score (nSPS) is 23.5. The number of hydrogen-bond donors (Lipinski definition) is 2. The number of urea groups is 1. The average Bonchev–Trinajstić information content (AvgIpc) is 3.22. The molecule has 1 heterocycles. The number of aliphatic carboxylic acids is 1. The molecule has 0 spiro atoms. The second-order valence-corrected chi connectivity index (χ2v) is 7.84. The van der Waals surface area contributed by atoms with Crippen LogP contribution in [0, 0.1) is 17.3 Å². The van der Waals surface area contributed by atoms with Crippen molar-refractivity contribution < 1.29 is 14.7 Å². The lowest BCUT2D eigenvalue weighted by Gasteiger charge is -2.39. The maximum absolute atomic E-state index is 12.4. The van der Waals surface area contributed by atoms with E-state index < -0.39 is 11.5 Å². The van der Waals surface area contributed by atoms with Crippen molar-refractivity contribution in [1.82, 2.24) is 10.2 Å². The molecule has 2 fully saturated rings. The molecular formula is C16H28N2O3. The van der Waals surface area contributed by atoms with E-state index in [1.54, 1.807) is 11.8 Å². The lowest BCUT2D eigenvalue weighted by Crippen LogP contribution is -2.58. The maximum Gasteiger partial charge on any atom is 0.329 e. The first-order chi connectivity index (χ1) is 9.64.